The van der Waals surface area contributed by atoms with Crippen LogP contribution in [0, 0.1) is 0 Å². The van der Waals surface area contributed by atoms with Crippen LogP contribution in [0.25, 0.3) is 0 Å². The summed E-state index contributed by atoms with van der Waals surface area (Å²) >= 11 is 5.21. The van der Waals surface area contributed by atoms with E-state index in [2.05, 4.69) is 32.6 Å². The highest BCUT2D eigenvalue weighted by Crippen LogP contribution is 2.16. The van der Waals surface area contributed by atoms with E-state index in [-0.39, 0.29) is 5.56 Å². The maximum atomic E-state index is 12.0. The molecule has 0 aromatic carbocycles. The summed E-state index contributed by atoms with van der Waals surface area (Å²) in [5.74, 6) is 1.21. The number of anilines is 1. The number of ether oxygens (including phenoxy) is 1. The Morgan fingerprint density at radius 1 is 1.45 bits per heavy atom. The number of methoxy groups -OCH3 is 1. The molecule has 1 rings (SSSR count). The van der Waals surface area contributed by atoms with Crippen molar-refractivity contribution in [3.05, 3.63) is 21.0 Å². The predicted octanol–water partition coefficient (Wildman–Crippen LogP) is 2.60. The van der Waals surface area contributed by atoms with Gasteiger partial charge in [0.05, 0.1) is 25.0 Å². The topological polar surface area (TPSA) is 56.1 Å². The second-order valence-corrected chi connectivity index (χ2v) is 6.15. The highest BCUT2D eigenvalue weighted by atomic mass is 79.9. The number of hydrogen-bond acceptors (Lipinski definition) is 5. The first-order valence-electron chi connectivity index (χ1n) is 6.68. The van der Waals surface area contributed by atoms with E-state index in [0.29, 0.717) is 17.6 Å². The van der Waals surface area contributed by atoms with Crippen LogP contribution in [0.15, 0.2) is 15.5 Å². The molecule has 5 nitrogen and oxygen atoms in total. The van der Waals surface area contributed by atoms with Gasteiger partial charge in [-0.2, -0.15) is 16.9 Å². The number of unbranched alkanes of at least 4 members (excludes halogenated alkanes) is 2. The van der Waals surface area contributed by atoms with Gasteiger partial charge in [-0.25, -0.2) is 4.68 Å². The fourth-order valence-corrected chi connectivity index (χ4v) is 2.64. The summed E-state index contributed by atoms with van der Waals surface area (Å²) in [5, 5.41) is 7.39. The van der Waals surface area contributed by atoms with Crippen LogP contribution in [0.4, 0.5) is 5.69 Å². The quantitative estimate of drug-likeness (QED) is 0.647. The largest absolute Gasteiger partial charge is 0.383 e. The SMILES string of the molecule is COCCn1ncc(NCCCCCSC)c(Br)c1=O. The lowest BCUT2D eigenvalue weighted by molar-refractivity contribution is 0.181. The molecule has 20 heavy (non-hydrogen) atoms. The summed E-state index contributed by atoms with van der Waals surface area (Å²) in [5.41, 5.74) is 0.628. The molecule has 1 aromatic heterocycles. The molecule has 0 amide bonds. The highest BCUT2D eigenvalue weighted by Gasteiger charge is 2.08. The second-order valence-electron chi connectivity index (χ2n) is 4.37. The molecule has 0 spiro atoms. The number of nitrogens with one attached hydrogen (secondary N) is 1. The summed E-state index contributed by atoms with van der Waals surface area (Å²) < 4.78 is 6.89. The van der Waals surface area contributed by atoms with Gasteiger partial charge in [-0.3, -0.25) is 4.79 Å². The minimum atomic E-state index is -0.130. The molecule has 0 fully saturated rings. The molecule has 1 heterocycles. The fraction of sp³-hybridized carbons (Fsp3) is 0.692. The van der Waals surface area contributed by atoms with Crippen molar-refractivity contribution in [2.75, 3.05) is 37.6 Å². The molecular weight excluding hydrogens is 342 g/mol. The molecule has 114 valence electrons. The lowest BCUT2D eigenvalue weighted by atomic mass is 10.2. The summed E-state index contributed by atoms with van der Waals surface area (Å²) in [7, 11) is 1.60. The van der Waals surface area contributed by atoms with Gasteiger partial charge >= 0.3 is 0 Å². The summed E-state index contributed by atoms with van der Waals surface area (Å²) in [6, 6.07) is 0. The normalized spacial score (nSPS) is 10.8. The Hall–Kier alpha value is -0.530. The van der Waals surface area contributed by atoms with Crippen LogP contribution in [0.5, 0.6) is 0 Å². The predicted molar refractivity (Wildman–Crippen MR) is 88.8 cm³/mol. The van der Waals surface area contributed by atoms with Crippen LogP contribution in [-0.4, -0.2) is 42.1 Å². The number of thioether (sulfide) groups is 1. The van der Waals surface area contributed by atoms with Crippen LogP contribution >= 0.6 is 27.7 Å². The average molecular weight is 364 g/mol. The van der Waals surface area contributed by atoms with E-state index in [1.807, 2.05) is 11.8 Å². The van der Waals surface area contributed by atoms with E-state index in [9.17, 15) is 4.79 Å². The number of aromatic nitrogens is 2. The summed E-state index contributed by atoms with van der Waals surface area (Å²) in [6.07, 6.45) is 7.34. The minimum absolute atomic E-state index is 0.130. The van der Waals surface area contributed by atoms with Gasteiger partial charge in [0.15, 0.2) is 0 Å². The molecule has 1 N–H and O–H groups in total. The van der Waals surface area contributed by atoms with E-state index < -0.39 is 0 Å². The van der Waals surface area contributed by atoms with Gasteiger partial charge in [-0.1, -0.05) is 6.42 Å². The summed E-state index contributed by atoms with van der Waals surface area (Å²) in [6.45, 7) is 1.79. The van der Waals surface area contributed by atoms with Crippen LogP contribution < -0.4 is 10.9 Å². The first kappa shape index (κ1) is 17.5. The number of nitrogens with zero attached hydrogens (tertiary/aromatic N) is 2. The number of hydrogen-bond donors (Lipinski definition) is 1. The van der Waals surface area contributed by atoms with Crippen molar-refractivity contribution in [3.63, 3.8) is 0 Å². The molecule has 7 heteroatoms. The van der Waals surface area contributed by atoms with E-state index in [1.54, 1.807) is 13.3 Å². The highest BCUT2D eigenvalue weighted by molar-refractivity contribution is 9.10. The van der Waals surface area contributed by atoms with Crippen molar-refractivity contribution in [1.29, 1.82) is 0 Å². The molecule has 0 bridgehead atoms. The van der Waals surface area contributed by atoms with Crippen molar-refractivity contribution < 1.29 is 4.74 Å². The third-order valence-electron chi connectivity index (χ3n) is 2.83. The van der Waals surface area contributed by atoms with Gasteiger partial charge in [0.2, 0.25) is 0 Å². The Balaban J connectivity index is 2.47. The third kappa shape index (κ3) is 5.85. The molecule has 0 aliphatic rings. The molecule has 0 aliphatic heterocycles. The maximum Gasteiger partial charge on any atom is 0.283 e. The molecule has 0 saturated heterocycles. The lowest BCUT2D eigenvalue weighted by Gasteiger charge is -2.10. The van der Waals surface area contributed by atoms with Crippen molar-refractivity contribution in [2.24, 2.45) is 0 Å². The molecule has 1 aromatic rings. The molecule has 0 atom stereocenters. The molecule has 0 unspecified atom stereocenters. The maximum absolute atomic E-state index is 12.0. The van der Waals surface area contributed by atoms with Crippen LogP contribution in [-0.2, 0) is 11.3 Å². The van der Waals surface area contributed by atoms with Gasteiger partial charge in [-0.15, -0.1) is 0 Å². The Kier molecular flexibility index (Phi) is 8.97. The standard InChI is InChI=1S/C13H22BrN3O2S/c1-19-8-7-17-13(18)12(14)11(10-16-17)15-6-4-3-5-9-20-2/h10,15H,3-9H2,1-2H3. The zero-order chi connectivity index (χ0) is 14.8. The number of halogens is 1. The molecule has 0 saturated carbocycles. The van der Waals surface area contributed by atoms with Crippen molar-refractivity contribution in [1.82, 2.24) is 9.78 Å². The van der Waals surface area contributed by atoms with Gasteiger partial charge in [0, 0.05) is 13.7 Å². The van der Waals surface area contributed by atoms with E-state index in [4.69, 9.17) is 4.74 Å². The van der Waals surface area contributed by atoms with Crippen molar-refractivity contribution in [2.45, 2.75) is 25.8 Å². The van der Waals surface area contributed by atoms with Gasteiger partial charge in [0.25, 0.3) is 5.56 Å². The first-order valence-corrected chi connectivity index (χ1v) is 8.86. The zero-order valence-electron chi connectivity index (χ0n) is 12.0. The molecular formula is C13H22BrN3O2S. The lowest BCUT2D eigenvalue weighted by Crippen LogP contribution is -2.26. The second kappa shape index (κ2) is 10.2. The van der Waals surface area contributed by atoms with Gasteiger partial charge < -0.3 is 10.1 Å². The van der Waals surface area contributed by atoms with Crippen LogP contribution in [0.2, 0.25) is 0 Å². The van der Waals surface area contributed by atoms with Gasteiger partial charge in [0.1, 0.15) is 4.47 Å². The zero-order valence-corrected chi connectivity index (χ0v) is 14.4. The Morgan fingerprint density at radius 2 is 2.25 bits per heavy atom. The Labute approximate surface area is 132 Å². The van der Waals surface area contributed by atoms with Gasteiger partial charge in [-0.05, 0) is 40.8 Å². The Morgan fingerprint density at radius 3 is 2.95 bits per heavy atom. The first-order chi connectivity index (χ1) is 9.70. The number of rotatable bonds is 10. The van der Waals surface area contributed by atoms with E-state index >= 15 is 0 Å². The molecule has 0 radical (unpaired) electrons. The average Bonchev–Trinajstić information content (AvgIpc) is 2.46. The van der Waals surface area contributed by atoms with Crippen LogP contribution in [0.3, 0.4) is 0 Å². The molecule has 0 aliphatic carbocycles. The third-order valence-corrected chi connectivity index (χ3v) is 4.30. The summed E-state index contributed by atoms with van der Waals surface area (Å²) in [4.78, 5) is 12.0. The minimum Gasteiger partial charge on any atom is -0.383 e. The van der Waals surface area contributed by atoms with E-state index in [0.717, 1.165) is 18.7 Å². The van der Waals surface area contributed by atoms with Crippen LogP contribution in [0.1, 0.15) is 19.3 Å². The Bertz CT molecular complexity index is 454. The van der Waals surface area contributed by atoms with Crippen molar-refractivity contribution in [3.8, 4) is 0 Å². The smallest absolute Gasteiger partial charge is 0.283 e. The fourth-order valence-electron chi connectivity index (χ4n) is 1.70. The van der Waals surface area contributed by atoms with Crippen molar-refractivity contribution >= 4 is 33.4 Å². The monoisotopic (exact) mass is 363 g/mol. The van der Waals surface area contributed by atoms with E-state index in [1.165, 1.54) is 23.3 Å².